The lowest BCUT2D eigenvalue weighted by molar-refractivity contribution is 0.0383. The first kappa shape index (κ1) is 15.3. The van der Waals surface area contributed by atoms with Crippen LogP contribution >= 0.6 is 0 Å². The minimum atomic E-state index is 0.754. The number of hydrogen-bond acceptors (Lipinski definition) is 3. The quantitative estimate of drug-likeness (QED) is 0.801. The van der Waals surface area contributed by atoms with Crippen LogP contribution in [0.25, 0.3) is 0 Å². The van der Waals surface area contributed by atoms with Gasteiger partial charge in [-0.1, -0.05) is 19.8 Å². The summed E-state index contributed by atoms with van der Waals surface area (Å²) in [5, 5.41) is 3.69. The Hall–Kier alpha value is -0.120. The lowest BCUT2D eigenvalue weighted by Crippen LogP contribution is -2.44. The third-order valence-corrected chi connectivity index (χ3v) is 4.75. The van der Waals surface area contributed by atoms with E-state index >= 15 is 0 Å². The van der Waals surface area contributed by atoms with Crippen molar-refractivity contribution in [1.82, 2.24) is 10.2 Å². The van der Waals surface area contributed by atoms with Crippen molar-refractivity contribution >= 4 is 0 Å². The summed E-state index contributed by atoms with van der Waals surface area (Å²) in [5.74, 6) is 1.61. The maximum Gasteiger partial charge on any atom is 0.0506 e. The smallest absolute Gasteiger partial charge is 0.0506 e. The Bertz CT molecular complexity index is 239. The molecule has 1 saturated carbocycles. The number of hydrogen-bond donors (Lipinski definition) is 1. The van der Waals surface area contributed by atoms with Gasteiger partial charge in [-0.2, -0.15) is 0 Å². The Morgan fingerprint density at radius 2 is 1.95 bits per heavy atom. The van der Waals surface area contributed by atoms with Crippen molar-refractivity contribution in [2.45, 2.75) is 51.5 Å². The average Bonchev–Trinajstić information content (AvgIpc) is 2.42. The second kappa shape index (κ2) is 8.23. The lowest BCUT2D eigenvalue weighted by Gasteiger charge is -2.36. The molecule has 1 aliphatic carbocycles. The first-order valence-corrected chi connectivity index (χ1v) is 8.29. The van der Waals surface area contributed by atoms with Gasteiger partial charge in [0.15, 0.2) is 0 Å². The van der Waals surface area contributed by atoms with E-state index < -0.39 is 0 Å². The van der Waals surface area contributed by atoms with Gasteiger partial charge in [0.25, 0.3) is 0 Å². The van der Waals surface area contributed by atoms with E-state index in [1.165, 1.54) is 51.6 Å². The van der Waals surface area contributed by atoms with Gasteiger partial charge in [0, 0.05) is 25.7 Å². The van der Waals surface area contributed by atoms with Crippen LogP contribution in [0.15, 0.2) is 0 Å². The van der Waals surface area contributed by atoms with Crippen molar-refractivity contribution in [2.75, 3.05) is 39.9 Å². The summed E-state index contributed by atoms with van der Waals surface area (Å²) in [6.45, 7) is 7.77. The first-order chi connectivity index (χ1) is 9.29. The molecule has 3 nitrogen and oxygen atoms in total. The Kier molecular flexibility index (Phi) is 6.62. The van der Waals surface area contributed by atoms with Crippen LogP contribution in [0.1, 0.15) is 45.4 Å². The Balaban J connectivity index is 1.74. The van der Waals surface area contributed by atoms with Gasteiger partial charge in [-0.05, 0) is 51.1 Å². The fraction of sp³-hybridized carbons (Fsp3) is 1.00. The Morgan fingerprint density at radius 3 is 2.68 bits per heavy atom. The van der Waals surface area contributed by atoms with E-state index in [1.807, 2.05) is 0 Å². The molecule has 19 heavy (non-hydrogen) atoms. The fourth-order valence-electron chi connectivity index (χ4n) is 3.82. The summed E-state index contributed by atoms with van der Waals surface area (Å²) in [6.07, 6.45) is 8.22. The molecule has 1 N–H and O–H groups in total. The molecule has 3 unspecified atom stereocenters. The average molecular weight is 268 g/mol. The molecule has 1 heterocycles. The number of nitrogens with one attached hydrogen (secondary N) is 1. The molecule has 0 spiro atoms. The zero-order valence-electron chi connectivity index (χ0n) is 12.9. The number of ether oxygens (including phenoxy) is 1. The summed E-state index contributed by atoms with van der Waals surface area (Å²) in [4.78, 5) is 2.56. The van der Waals surface area contributed by atoms with E-state index in [0.717, 1.165) is 37.6 Å². The highest BCUT2D eigenvalue weighted by atomic mass is 16.5. The van der Waals surface area contributed by atoms with Gasteiger partial charge >= 0.3 is 0 Å². The summed E-state index contributed by atoms with van der Waals surface area (Å²) in [6, 6.07) is 0.754. The topological polar surface area (TPSA) is 24.5 Å². The first-order valence-electron chi connectivity index (χ1n) is 8.29. The largest absolute Gasteiger partial charge is 0.381 e. The highest BCUT2D eigenvalue weighted by molar-refractivity contribution is 4.83. The molecule has 0 bridgehead atoms. The van der Waals surface area contributed by atoms with Crippen LogP contribution in [0.5, 0.6) is 0 Å². The molecule has 0 amide bonds. The molecule has 0 aromatic carbocycles. The second-order valence-electron chi connectivity index (χ2n) is 6.51. The molecule has 1 aliphatic heterocycles. The van der Waals surface area contributed by atoms with E-state index in [4.69, 9.17) is 4.74 Å². The predicted molar refractivity (Wildman–Crippen MR) is 80.5 cm³/mol. The molecule has 0 aromatic heterocycles. The minimum Gasteiger partial charge on any atom is -0.381 e. The number of rotatable bonds is 6. The van der Waals surface area contributed by atoms with Crippen molar-refractivity contribution in [1.29, 1.82) is 0 Å². The SMILES string of the molecule is CCNC1CCCCC1CN(C)CC1CCCOC1. The third-order valence-electron chi connectivity index (χ3n) is 4.75. The van der Waals surface area contributed by atoms with E-state index in [-0.39, 0.29) is 0 Å². The van der Waals surface area contributed by atoms with Gasteiger partial charge in [0.2, 0.25) is 0 Å². The molecule has 112 valence electrons. The molecular weight excluding hydrogens is 236 g/mol. The van der Waals surface area contributed by atoms with E-state index in [9.17, 15) is 0 Å². The van der Waals surface area contributed by atoms with Crippen LogP contribution in [-0.4, -0.2) is 50.8 Å². The third kappa shape index (κ3) is 5.05. The zero-order valence-corrected chi connectivity index (χ0v) is 12.9. The van der Waals surface area contributed by atoms with E-state index in [2.05, 4.69) is 24.2 Å². The normalized spacial score (nSPS) is 32.7. The van der Waals surface area contributed by atoms with Crippen molar-refractivity contribution in [3.05, 3.63) is 0 Å². The van der Waals surface area contributed by atoms with Gasteiger partial charge in [0.05, 0.1) is 6.61 Å². The van der Waals surface area contributed by atoms with Crippen LogP contribution in [0.3, 0.4) is 0 Å². The lowest BCUT2D eigenvalue weighted by atomic mass is 9.84. The highest BCUT2D eigenvalue weighted by Crippen LogP contribution is 2.25. The fourth-order valence-corrected chi connectivity index (χ4v) is 3.82. The van der Waals surface area contributed by atoms with Crippen molar-refractivity contribution in [3.63, 3.8) is 0 Å². The Morgan fingerprint density at radius 1 is 1.11 bits per heavy atom. The van der Waals surface area contributed by atoms with Crippen molar-refractivity contribution in [3.8, 4) is 0 Å². The predicted octanol–water partition coefficient (Wildman–Crippen LogP) is 2.51. The van der Waals surface area contributed by atoms with Gasteiger partial charge in [-0.3, -0.25) is 0 Å². The van der Waals surface area contributed by atoms with E-state index in [1.54, 1.807) is 0 Å². The van der Waals surface area contributed by atoms with Gasteiger partial charge in [-0.15, -0.1) is 0 Å². The molecule has 2 fully saturated rings. The molecule has 0 aromatic rings. The molecule has 1 saturated heterocycles. The van der Waals surface area contributed by atoms with Crippen LogP contribution < -0.4 is 5.32 Å². The summed E-state index contributed by atoms with van der Waals surface area (Å²) in [5.41, 5.74) is 0. The van der Waals surface area contributed by atoms with Gasteiger partial charge in [0.1, 0.15) is 0 Å². The minimum absolute atomic E-state index is 0.754. The van der Waals surface area contributed by atoms with Crippen LogP contribution in [-0.2, 0) is 4.74 Å². The number of nitrogens with zero attached hydrogens (tertiary/aromatic N) is 1. The molecule has 2 aliphatic rings. The van der Waals surface area contributed by atoms with Crippen LogP contribution in [0, 0.1) is 11.8 Å². The monoisotopic (exact) mass is 268 g/mol. The molecule has 2 rings (SSSR count). The molecule has 0 radical (unpaired) electrons. The summed E-state index contributed by atoms with van der Waals surface area (Å²) < 4.78 is 5.59. The zero-order chi connectivity index (χ0) is 13.5. The van der Waals surface area contributed by atoms with Crippen molar-refractivity contribution in [2.24, 2.45) is 11.8 Å². The maximum absolute atomic E-state index is 5.59. The maximum atomic E-state index is 5.59. The second-order valence-corrected chi connectivity index (χ2v) is 6.51. The Labute approximate surface area is 119 Å². The van der Waals surface area contributed by atoms with Gasteiger partial charge in [-0.25, -0.2) is 0 Å². The molecular formula is C16H32N2O. The van der Waals surface area contributed by atoms with Crippen LogP contribution in [0.2, 0.25) is 0 Å². The van der Waals surface area contributed by atoms with E-state index in [0.29, 0.717) is 0 Å². The summed E-state index contributed by atoms with van der Waals surface area (Å²) in [7, 11) is 2.30. The molecule has 3 atom stereocenters. The highest BCUT2D eigenvalue weighted by Gasteiger charge is 2.26. The summed E-state index contributed by atoms with van der Waals surface area (Å²) >= 11 is 0. The van der Waals surface area contributed by atoms with Crippen molar-refractivity contribution < 1.29 is 4.74 Å². The van der Waals surface area contributed by atoms with Gasteiger partial charge < -0.3 is 15.0 Å². The van der Waals surface area contributed by atoms with Crippen LogP contribution in [0.4, 0.5) is 0 Å². The molecule has 3 heteroatoms. The standard InChI is InChI=1S/C16H32N2O/c1-3-17-16-9-5-4-8-15(16)12-18(2)11-14-7-6-10-19-13-14/h14-17H,3-13H2,1-2H3.